The molecule has 2 aliphatic heterocycles. The Balaban J connectivity index is 1.86. The molecule has 2 aliphatic rings. The van der Waals surface area contributed by atoms with Gasteiger partial charge in [0.25, 0.3) is 0 Å². The Morgan fingerprint density at radius 2 is 2.21 bits per heavy atom. The lowest BCUT2D eigenvalue weighted by atomic mass is 10.0. The van der Waals surface area contributed by atoms with Gasteiger partial charge in [0.2, 0.25) is 0 Å². The third-order valence-corrected chi connectivity index (χ3v) is 4.79. The number of nitrogens with zero attached hydrogens (tertiary/aromatic N) is 2. The van der Waals surface area contributed by atoms with Crippen molar-refractivity contribution in [3.63, 3.8) is 0 Å². The molecule has 0 amide bonds. The number of anilines is 1. The van der Waals surface area contributed by atoms with Crippen LogP contribution >= 0.6 is 11.6 Å². The minimum Gasteiger partial charge on any atom is -0.366 e. The highest BCUT2D eigenvalue weighted by molar-refractivity contribution is 6.31. The van der Waals surface area contributed by atoms with E-state index in [1.54, 1.807) is 6.07 Å². The summed E-state index contributed by atoms with van der Waals surface area (Å²) < 4.78 is 13.3. The van der Waals surface area contributed by atoms with Crippen LogP contribution in [-0.4, -0.2) is 36.6 Å². The van der Waals surface area contributed by atoms with Crippen molar-refractivity contribution in [2.75, 3.05) is 24.5 Å². The number of fused-ring (bicyclic) bond motifs is 1. The largest absolute Gasteiger partial charge is 0.366 e. The summed E-state index contributed by atoms with van der Waals surface area (Å²) in [5.41, 5.74) is 1.06. The summed E-state index contributed by atoms with van der Waals surface area (Å²) in [6, 6.07) is 6.27. The molecule has 3 rings (SSSR count). The summed E-state index contributed by atoms with van der Waals surface area (Å²) >= 11 is 5.92. The van der Waals surface area contributed by atoms with Crippen molar-refractivity contribution in [1.29, 1.82) is 0 Å². The maximum Gasteiger partial charge on any atom is 0.141 e. The molecule has 104 valence electrons. The highest BCUT2D eigenvalue weighted by Gasteiger charge is 2.35. The molecule has 2 atom stereocenters. The van der Waals surface area contributed by atoms with E-state index in [0.29, 0.717) is 12.1 Å². The average Bonchev–Trinajstić information content (AvgIpc) is 2.87. The first-order valence-corrected chi connectivity index (χ1v) is 7.52. The minimum atomic E-state index is -0.335. The molecular weight excluding hydrogens is 263 g/mol. The number of halogens is 2. The number of benzene rings is 1. The second-order valence-electron chi connectivity index (χ2n) is 5.60. The van der Waals surface area contributed by atoms with Crippen molar-refractivity contribution in [3.05, 3.63) is 29.0 Å². The second-order valence-corrected chi connectivity index (χ2v) is 6.01. The standard InChI is InChI=1S/C15H20ClFN2/c1-2-11-9-18-7-3-4-13(18)10-19(11)12-5-6-15(17)14(16)8-12/h5-6,8,11,13H,2-4,7,9-10H2,1H3. The Kier molecular flexibility index (Phi) is 3.68. The summed E-state index contributed by atoms with van der Waals surface area (Å²) in [5, 5.41) is 0.223. The predicted molar refractivity (Wildman–Crippen MR) is 77.4 cm³/mol. The third kappa shape index (κ3) is 2.46. The SMILES string of the molecule is CCC1CN2CCCC2CN1c1ccc(F)c(Cl)c1. The van der Waals surface area contributed by atoms with Crippen molar-refractivity contribution in [1.82, 2.24) is 4.90 Å². The Labute approximate surface area is 119 Å². The zero-order chi connectivity index (χ0) is 13.4. The number of hydrogen-bond acceptors (Lipinski definition) is 2. The lowest BCUT2D eigenvalue weighted by Gasteiger charge is -2.45. The molecule has 1 aromatic carbocycles. The molecule has 2 fully saturated rings. The molecular formula is C15H20ClFN2. The molecule has 2 nitrogen and oxygen atoms in total. The summed E-state index contributed by atoms with van der Waals surface area (Å²) in [6.45, 7) is 5.62. The number of hydrogen-bond donors (Lipinski definition) is 0. The van der Waals surface area contributed by atoms with Gasteiger partial charge in [-0.25, -0.2) is 4.39 Å². The molecule has 0 aromatic heterocycles. The molecule has 0 saturated carbocycles. The molecule has 19 heavy (non-hydrogen) atoms. The van der Waals surface area contributed by atoms with Gasteiger partial charge >= 0.3 is 0 Å². The van der Waals surface area contributed by atoms with E-state index < -0.39 is 0 Å². The fourth-order valence-corrected chi connectivity index (χ4v) is 3.59. The highest BCUT2D eigenvalue weighted by Crippen LogP contribution is 2.31. The van der Waals surface area contributed by atoms with E-state index in [1.807, 2.05) is 6.07 Å². The van der Waals surface area contributed by atoms with Crippen molar-refractivity contribution < 1.29 is 4.39 Å². The first-order valence-electron chi connectivity index (χ1n) is 7.14. The molecule has 4 heteroatoms. The van der Waals surface area contributed by atoms with Gasteiger partial charge in [-0.3, -0.25) is 4.90 Å². The highest BCUT2D eigenvalue weighted by atomic mass is 35.5. The zero-order valence-electron chi connectivity index (χ0n) is 11.3. The quantitative estimate of drug-likeness (QED) is 0.819. The lowest BCUT2D eigenvalue weighted by Crippen LogP contribution is -2.56. The van der Waals surface area contributed by atoms with Gasteiger partial charge in [-0.1, -0.05) is 18.5 Å². The van der Waals surface area contributed by atoms with Crippen LogP contribution in [0.3, 0.4) is 0 Å². The Bertz CT molecular complexity index is 465. The van der Waals surface area contributed by atoms with E-state index in [4.69, 9.17) is 11.6 Å². The summed E-state index contributed by atoms with van der Waals surface area (Å²) in [6.07, 6.45) is 3.69. The van der Waals surface area contributed by atoms with Gasteiger partial charge in [0.1, 0.15) is 5.82 Å². The van der Waals surface area contributed by atoms with Gasteiger partial charge in [0.05, 0.1) is 5.02 Å². The van der Waals surface area contributed by atoms with E-state index in [-0.39, 0.29) is 10.8 Å². The van der Waals surface area contributed by atoms with Crippen molar-refractivity contribution >= 4 is 17.3 Å². The van der Waals surface area contributed by atoms with Crippen LogP contribution in [0.25, 0.3) is 0 Å². The van der Waals surface area contributed by atoms with Gasteiger partial charge in [-0.15, -0.1) is 0 Å². The molecule has 2 heterocycles. The van der Waals surface area contributed by atoms with Crippen LogP contribution < -0.4 is 4.90 Å². The maximum absolute atomic E-state index is 13.3. The molecule has 0 N–H and O–H groups in total. The normalized spacial score (nSPS) is 27.6. The van der Waals surface area contributed by atoms with Gasteiger partial charge in [0.15, 0.2) is 0 Å². The second kappa shape index (κ2) is 5.29. The predicted octanol–water partition coefficient (Wildman–Crippen LogP) is 3.54. The van der Waals surface area contributed by atoms with Crippen molar-refractivity contribution in [3.8, 4) is 0 Å². The Hall–Kier alpha value is -0.800. The number of rotatable bonds is 2. The first kappa shape index (κ1) is 13.2. The summed E-state index contributed by atoms with van der Waals surface area (Å²) in [7, 11) is 0. The smallest absolute Gasteiger partial charge is 0.141 e. The fraction of sp³-hybridized carbons (Fsp3) is 0.600. The van der Waals surface area contributed by atoms with Crippen molar-refractivity contribution in [2.24, 2.45) is 0 Å². The van der Waals surface area contributed by atoms with Crippen LogP contribution in [0.15, 0.2) is 18.2 Å². The Morgan fingerprint density at radius 3 is 2.95 bits per heavy atom. The van der Waals surface area contributed by atoms with Crippen LogP contribution in [0.4, 0.5) is 10.1 Å². The number of piperazine rings is 1. The maximum atomic E-state index is 13.3. The molecule has 2 saturated heterocycles. The van der Waals surface area contributed by atoms with Crippen LogP contribution in [0, 0.1) is 5.82 Å². The van der Waals surface area contributed by atoms with E-state index in [9.17, 15) is 4.39 Å². The van der Waals surface area contributed by atoms with Crippen LogP contribution in [-0.2, 0) is 0 Å². The van der Waals surface area contributed by atoms with Crippen LogP contribution in [0.5, 0.6) is 0 Å². The first-order chi connectivity index (χ1) is 9.19. The van der Waals surface area contributed by atoms with Crippen LogP contribution in [0.1, 0.15) is 26.2 Å². The average molecular weight is 283 g/mol. The molecule has 0 bridgehead atoms. The van der Waals surface area contributed by atoms with Crippen LogP contribution in [0.2, 0.25) is 5.02 Å². The minimum absolute atomic E-state index is 0.223. The van der Waals surface area contributed by atoms with Gasteiger partial charge in [-0.05, 0) is 44.0 Å². The molecule has 0 aliphatic carbocycles. The monoisotopic (exact) mass is 282 g/mol. The molecule has 2 unspecified atom stereocenters. The fourth-order valence-electron chi connectivity index (χ4n) is 3.42. The molecule has 0 radical (unpaired) electrons. The summed E-state index contributed by atoms with van der Waals surface area (Å²) in [4.78, 5) is 5.02. The molecule has 1 aromatic rings. The summed E-state index contributed by atoms with van der Waals surface area (Å²) in [5.74, 6) is -0.335. The van der Waals surface area contributed by atoms with Crippen molar-refractivity contribution in [2.45, 2.75) is 38.3 Å². The van der Waals surface area contributed by atoms with E-state index in [0.717, 1.165) is 25.2 Å². The lowest BCUT2D eigenvalue weighted by molar-refractivity contribution is 0.194. The molecule has 0 spiro atoms. The van der Waals surface area contributed by atoms with E-state index >= 15 is 0 Å². The zero-order valence-corrected chi connectivity index (χ0v) is 12.0. The topological polar surface area (TPSA) is 6.48 Å². The van der Waals surface area contributed by atoms with E-state index in [1.165, 1.54) is 25.5 Å². The van der Waals surface area contributed by atoms with Gasteiger partial charge in [0, 0.05) is 30.9 Å². The van der Waals surface area contributed by atoms with Gasteiger partial charge < -0.3 is 4.90 Å². The van der Waals surface area contributed by atoms with Gasteiger partial charge in [-0.2, -0.15) is 0 Å². The Morgan fingerprint density at radius 1 is 1.37 bits per heavy atom. The van der Waals surface area contributed by atoms with E-state index in [2.05, 4.69) is 16.7 Å². The third-order valence-electron chi connectivity index (χ3n) is 4.50.